The van der Waals surface area contributed by atoms with E-state index in [1.165, 1.54) is 18.3 Å². The molecule has 1 rings (SSSR count). The topological polar surface area (TPSA) is 140 Å². The quantitative estimate of drug-likeness (QED) is 0.453. The number of aromatic nitrogens is 1. The summed E-state index contributed by atoms with van der Waals surface area (Å²) < 4.78 is 0. The number of hydrogen-bond acceptors (Lipinski definition) is 5. The summed E-state index contributed by atoms with van der Waals surface area (Å²) in [5.74, 6) is -1.99. The molecule has 0 fully saturated rings. The van der Waals surface area contributed by atoms with E-state index in [-0.39, 0.29) is 10.7 Å². The van der Waals surface area contributed by atoms with Crippen molar-refractivity contribution < 1.29 is 19.8 Å². The van der Waals surface area contributed by atoms with Crippen molar-refractivity contribution in [3.8, 4) is 0 Å². The second-order valence-electron chi connectivity index (χ2n) is 3.88. The number of carbonyl (C=O) groups is 2. The van der Waals surface area contributed by atoms with Gasteiger partial charge in [-0.25, -0.2) is 9.78 Å². The molecule has 1 aromatic heterocycles. The number of aromatic carboxylic acids is 1. The number of aliphatic carboxylic acids is 1. The molecule has 1 aromatic rings. The molecule has 7 nitrogen and oxygen atoms in total. The molecular weight excluding hydrogens is 286 g/mol. The number of rotatable bonds is 6. The molecule has 6 N–H and O–H groups in total. The molecule has 112 valence electrons. The van der Waals surface area contributed by atoms with Crippen LogP contribution < -0.4 is 11.5 Å². The van der Waals surface area contributed by atoms with Gasteiger partial charge in [-0.3, -0.25) is 4.79 Å². The summed E-state index contributed by atoms with van der Waals surface area (Å²) in [5.41, 5.74) is 10.5. The van der Waals surface area contributed by atoms with E-state index in [2.05, 4.69) is 4.98 Å². The van der Waals surface area contributed by atoms with Gasteiger partial charge in [-0.2, -0.15) is 0 Å². The number of nitrogens with two attached hydrogens (primary N) is 2. The molecule has 0 amide bonds. The van der Waals surface area contributed by atoms with E-state index < -0.39 is 18.0 Å². The zero-order chi connectivity index (χ0) is 15.5. The third-order valence-corrected chi connectivity index (χ3v) is 2.58. The van der Waals surface area contributed by atoms with Gasteiger partial charge in [-0.1, -0.05) is 18.0 Å². The Morgan fingerprint density at radius 3 is 2.40 bits per heavy atom. The van der Waals surface area contributed by atoms with Crippen LogP contribution in [0.3, 0.4) is 0 Å². The van der Waals surface area contributed by atoms with Gasteiger partial charge in [0.05, 0.1) is 5.56 Å². The smallest absolute Gasteiger partial charge is 0.338 e. The summed E-state index contributed by atoms with van der Waals surface area (Å²) in [5, 5.41) is 16.8. The Morgan fingerprint density at radius 2 is 2.00 bits per heavy atom. The Morgan fingerprint density at radius 1 is 1.35 bits per heavy atom. The SMILES string of the molecule is NCCCCC(N)C(=O)O.O=C(O)c1cccnc1Cl. The van der Waals surface area contributed by atoms with Crippen molar-refractivity contribution in [2.45, 2.75) is 25.3 Å². The molecule has 0 saturated heterocycles. The minimum atomic E-state index is -1.06. The van der Waals surface area contributed by atoms with Gasteiger partial charge in [0.2, 0.25) is 0 Å². The summed E-state index contributed by atoms with van der Waals surface area (Å²) in [6.45, 7) is 0.604. The lowest BCUT2D eigenvalue weighted by Gasteiger charge is -2.03. The lowest BCUT2D eigenvalue weighted by atomic mass is 10.1. The van der Waals surface area contributed by atoms with Gasteiger partial charge in [0, 0.05) is 6.20 Å². The summed E-state index contributed by atoms with van der Waals surface area (Å²) in [4.78, 5) is 24.0. The molecule has 0 aliphatic carbocycles. The van der Waals surface area contributed by atoms with Crippen molar-refractivity contribution in [1.29, 1.82) is 0 Å². The number of pyridine rings is 1. The lowest BCUT2D eigenvalue weighted by Crippen LogP contribution is -2.29. The summed E-state index contributed by atoms with van der Waals surface area (Å²) in [6.07, 6.45) is 3.60. The summed E-state index contributed by atoms with van der Waals surface area (Å²) in [7, 11) is 0. The maximum Gasteiger partial charge on any atom is 0.338 e. The maximum absolute atomic E-state index is 10.3. The Hall–Kier alpha value is -1.70. The highest BCUT2D eigenvalue weighted by Crippen LogP contribution is 2.10. The summed E-state index contributed by atoms with van der Waals surface area (Å²) >= 11 is 5.43. The minimum Gasteiger partial charge on any atom is -0.480 e. The molecule has 8 heteroatoms. The van der Waals surface area contributed by atoms with E-state index in [4.69, 9.17) is 33.3 Å². The van der Waals surface area contributed by atoms with Crippen LogP contribution in [0.5, 0.6) is 0 Å². The maximum atomic E-state index is 10.3. The Kier molecular flexibility index (Phi) is 9.27. The first-order chi connectivity index (χ1) is 9.40. The average Bonchev–Trinajstić information content (AvgIpc) is 2.39. The van der Waals surface area contributed by atoms with E-state index in [0.717, 1.165) is 12.8 Å². The van der Waals surface area contributed by atoms with Crippen molar-refractivity contribution in [2.75, 3.05) is 6.54 Å². The fraction of sp³-hybridized carbons (Fsp3) is 0.417. The first-order valence-corrected chi connectivity index (χ1v) is 6.30. The minimum absolute atomic E-state index is 0.0231. The third-order valence-electron chi connectivity index (χ3n) is 2.28. The van der Waals surface area contributed by atoms with Gasteiger partial charge in [0.25, 0.3) is 0 Å². The Balaban J connectivity index is 0.000000361. The number of hydrogen-bond donors (Lipinski definition) is 4. The van der Waals surface area contributed by atoms with Gasteiger partial charge in [0.15, 0.2) is 0 Å². The van der Waals surface area contributed by atoms with Crippen LogP contribution >= 0.6 is 11.6 Å². The predicted octanol–water partition coefficient (Wildman–Crippen LogP) is 0.961. The van der Waals surface area contributed by atoms with E-state index in [0.29, 0.717) is 13.0 Å². The molecule has 0 saturated carbocycles. The molecular formula is C12H18ClN3O4. The monoisotopic (exact) mass is 303 g/mol. The second-order valence-corrected chi connectivity index (χ2v) is 4.23. The molecule has 0 aromatic carbocycles. The van der Waals surface area contributed by atoms with E-state index >= 15 is 0 Å². The van der Waals surface area contributed by atoms with E-state index in [1.54, 1.807) is 0 Å². The van der Waals surface area contributed by atoms with Crippen LogP contribution in [0.15, 0.2) is 18.3 Å². The highest BCUT2D eigenvalue weighted by Gasteiger charge is 2.09. The Bertz CT molecular complexity index is 442. The first kappa shape index (κ1) is 18.3. The van der Waals surface area contributed by atoms with Crippen LogP contribution in [0.25, 0.3) is 0 Å². The van der Waals surface area contributed by atoms with Crippen molar-refractivity contribution in [1.82, 2.24) is 4.98 Å². The van der Waals surface area contributed by atoms with Crippen LogP contribution in [0.2, 0.25) is 5.15 Å². The Labute approximate surface area is 121 Å². The number of halogens is 1. The number of carboxylic acids is 2. The van der Waals surface area contributed by atoms with Gasteiger partial charge in [-0.15, -0.1) is 0 Å². The van der Waals surface area contributed by atoms with Crippen LogP contribution in [-0.2, 0) is 4.79 Å². The van der Waals surface area contributed by atoms with Crippen LogP contribution in [-0.4, -0.2) is 39.7 Å². The largest absolute Gasteiger partial charge is 0.480 e. The molecule has 0 aliphatic rings. The highest BCUT2D eigenvalue weighted by atomic mass is 35.5. The second kappa shape index (κ2) is 10.1. The standard InChI is InChI=1S/C6H4ClNO2.C6H14N2O2/c7-5-4(6(9)10)2-1-3-8-5;7-4-2-1-3-5(8)6(9)10/h1-3H,(H,9,10);5H,1-4,7-8H2,(H,9,10). The molecule has 1 unspecified atom stereocenters. The molecule has 1 heterocycles. The van der Waals surface area contributed by atoms with Crippen molar-refractivity contribution in [3.63, 3.8) is 0 Å². The molecule has 1 atom stereocenters. The number of nitrogens with zero attached hydrogens (tertiary/aromatic N) is 1. The van der Waals surface area contributed by atoms with Crippen LogP contribution in [0, 0.1) is 0 Å². The number of carboxylic acid groups (broad SMARTS) is 2. The molecule has 0 bridgehead atoms. The van der Waals surface area contributed by atoms with Crippen molar-refractivity contribution >= 4 is 23.5 Å². The summed E-state index contributed by atoms with van der Waals surface area (Å²) in [6, 6.07) is 2.21. The van der Waals surface area contributed by atoms with Gasteiger partial charge in [0.1, 0.15) is 11.2 Å². The molecule has 0 radical (unpaired) electrons. The number of unbranched alkanes of at least 4 members (excludes halogenated alkanes) is 1. The van der Waals surface area contributed by atoms with Gasteiger partial charge < -0.3 is 21.7 Å². The highest BCUT2D eigenvalue weighted by molar-refractivity contribution is 6.32. The predicted molar refractivity (Wildman–Crippen MR) is 74.7 cm³/mol. The fourth-order valence-electron chi connectivity index (χ4n) is 1.18. The molecule has 0 aliphatic heterocycles. The van der Waals surface area contributed by atoms with Gasteiger partial charge in [-0.05, 0) is 31.5 Å². The normalized spacial score (nSPS) is 11.2. The van der Waals surface area contributed by atoms with Crippen molar-refractivity contribution in [2.24, 2.45) is 11.5 Å². The fourth-order valence-corrected chi connectivity index (χ4v) is 1.38. The lowest BCUT2D eigenvalue weighted by molar-refractivity contribution is -0.138. The molecule has 0 spiro atoms. The third kappa shape index (κ3) is 7.67. The van der Waals surface area contributed by atoms with E-state index in [1.807, 2.05) is 0 Å². The van der Waals surface area contributed by atoms with Crippen LogP contribution in [0.4, 0.5) is 0 Å². The average molecular weight is 304 g/mol. The van der Waals surface area contributed by atoms with Crippen molar-refractivity contribution in [3.05, 3.63) is 29.0 Å². The van der Waals surface area contributed by atoms with Gasteiger partial charge >= 0.3 is 11.9 Å². The molecule has 20 heavy (non-hydrogen) atoms. The van der Waals surface area contributed by atoms with Crippen LogP contribution in [0.1, 0.15) is 29.6 Å². The zero-order valence-corrected chi connectivity index (χ0v) is 11.6. The first-order valence-electron chi connectivity index (χ1n) is 5.92. The van der Waals surface area contributed by atoms with E-state index in [9.17, 15) is 9.59 Å². The zero-order valence-electron chi connectivity index (χ0n) is 10.8.